The first-order valence-electron chi connectivity index (χ1n) is 11.1. The third-order valence-electron chi connectivity index (χ3n) is 4.95. The van der Waals surface area contributed by atoms with E-state index in [9.17, 15) is 4.39 Å². The Bertz CT molecular complexity index is 1150. The van der Waals surface area contributed by atoms with Gasteiger partial charge in [-0.15, -0.1) is 0 Å². The molecule has 1 aliphatic carbocycles. The van der Waals surface area contributed by atoms with Crippen LogP contribution < -0.4 is 16.4 Å². The quantitative estimate of drug-likeness (QED) is 0.270. The molecule has 4 N–H and O–H groups in total. The van der Waals surface area contributed by atoms with Crippen LogP contribution >= 0.6 is 11.6 Å². The van der Waals surface area contributed by atoms with Crippen LogP contribution in [0.2, 0.25) is 0 Å². The highest BCUT2D eigenvalue weighted by Gasteiger charge is 2.13. The second-order valence-corrected chi connectivity index (χ2v) is 7.89. The van der Waals surface area contributed by atoms with E-state index >= 15 is 0 Å². The Labute approximate surface area is 210 Å². The van der Waals surface area contributed by atoms with Crippen LogP contribution in [0, 0.1) is 5.82 Å². The Morgan fingerprint density at radius 2 is 2.23 bits per heavy atom. The van der Waals surface area contributed by atoms with E-state index in [1.54, 1.807) is 37.4 Å². The van der Waals surface area contributed by atoms with Gasteiger partial charge in [-0.2, -0.15) is 0 Å². The van der Waals surface area contributed by atoms with E-state index in [0.29, 0.717) is 47.8 Å². The van der Waals surface area contributed by atoms with Gasteiger partial charge in [0.1, 0.15) is 30.6 Å². The number of hydrogen-bond donors (Lipinski definition) is 3. The molecule has 3 rings (SSSR count). The standard InChI is InChI=1S/C26H29ClFN5O2/c1-3-5-22(33-26-31-12-13-34-26)15-19(16-29)25(30-2)32-21-8-10-23(27)24(11-9-21)35-17-18-6-4-7-20(28)14-18/h3-7,9-11,14-15H,1,8,12-13,16-17,29H2,2H3,(H,30,32)(H,31,33)/b19-15+,22-5+. The Kier molecular flexibility index (Phi) is 9.89. The highest BCUT2D eigenvalue weighted by atomic mass is 35.5. The summed E-state index contributed by atoms with van der Waals surface area (Å²) in [5, 5.41) is 6.93. The molecule has 0 saturated heterocycles. The molecular formula is C26H29ClFN5O2. The lowest BCUT2D eigenvalue weighted by Gasteiger charge is -2.15. The molecule has 0 unspecified atom stereocenters. The van der Waals surface area contributed by atoms with Gasteiger partial charge in [0.15, 0.2) is 0 Å². The van der Waals surface area contributed by atoms with Crippen LogP contribution in [0.5, 0.6) is 0 Å². The Morgan fingerprint density at radius 3 is 2.91 bits per heavy atom. The predicted octanol–water partition coefficient (Wildman–Crippen LogP) is 4.19. The van der Waals surface area contributed by atoms with E-state index in [4.69, 9.17) is 26.8 Å². The molecule has 2 aliphatic rings. The van der Waals surface area contributed by atoms with Gasteiger partial charge in [0, 0.05) is 37.0 Å². The maximum atomic E-state index is 13.4. The van der Waals surface area contributed by atoms with E-state index in [2.05, 4.69) is 27.2 Å². The molecule has 7 nitrogen and oxygen atoms in total. The normalized spacial score (nSPS) is 16.9. The van der Waals surface area contributed by atoms with E-state index in [1.807, 2.05) is 18.2 Å². The van der Waals surface area contributed by atoms with Crippen LogP contribution in [0.4, 0.5) is 4.39 Å². The van der Waals surface area contributed by atoms with Gasteiger partial charge >= 0.3 is 0 Å². The third kappa shape index (κ3) is 7.98. The SMILES string of the molecule is C=C/C=C(\C=C(/CN)C(=NC)NC1=CC=C(OCc2cccc(F)c2)C(Cl)=CC1)NC1=NCCO1. The zero-order valence-electron chi connectivity index (χ0n) is 19.6. The maximum Gasteiger partial charge on any atom is 0.289 e. The predicted molar refractivity (Wildman–Crippen MR) is 139 cm³/mol. The van der Waals surface area contributed by atoms with Gasteiger partial charge in [-0.25, -0.2) is 9.38 Å². The minimum atomic E-state index is -0.311. The summed E-state index contributed by atoms with van der Waals surface area (Å²) in [7, 11) is 1.68. The fraction of sp³-hybridized carbons (Fsp3) is 0.231. The summed E-state index contributed by atoms with van der Waals surface area (Å²) in [5.74, 6) is 0.788. The van der Waals surface area contributed by atoms with Crippen molar-refractivity contribution in [3.05, 3.63) is 106 Å². The van der Waals surface area contributed by atoms with Gasteiger partial charge in [-0.1, -0.05) is 42.5 Å². The average molecular weight is 498 g/mol. The van der Waals surface area contributed by atoms with Crippen molar-refractivity contribution in [3.8, 4) is 0 Å². The molecule has 0 fully saturated rings. The molecule has 0 amide bonds. The van der Waals surface area contributed by atoms with Crippen molar-refractivity contribution in [2.24, 2.45) is 15.7 Å². The number of halogens is 2. The van der Waals surface area contributed by atoms with Gasteiger partial charge in [-0.3, -0.25) is 4.99 Å². The van der Waals surface area contributed by atoms with Crippen molar-refractivity contribution in [1.82, 2.24) is 10.6 Å². The average Bonchev–Trinajstić information content (AvgIpc) is 3.30. The molecule has 1 aromatic rings. The molecule has 1 aromatic carbocycles. The lowest BCUT2D eigenvalue weighted by Crippen LogP contribution is -2.29. The number of allylic oxidation sites excluding steroid dienone is 7. The van der Waals surface area contributed by atoms with Crippen LogP contribution in [-0.4, -0.2) is 38.6 Å². The number of rotatable bonds is 9. The van der Waals surface area contributed by atoms with Crippen LogP contribution in [0.1, 0.15) is 12.0 Å². The van der Waals surface area contributed by atoms with Gasteiger partial charge in [0.2, 0.25) is 0 Å². The van der Waals surface area contributed by atoms with E-state index in [0.717, 1.165) is 17.0 Å². The fourth-order valence-corrected chi connectivity index (χ4v) is 3.45. The fourth-order valence-electron chi connectivity index (χ4n) is 3.25. The molecule has 0 bridgehead atoms. The lowest BCUT2D eigenvalue weighted by atomic mass is 10.1. The number of nitrogens with one attached hydrogen (secondary N) is 2. The summed E-state index contributed by atoms with van der Waals surface area (Å²) >= 11 is 6.42. The lowest BCUT2D eigenvalue weighted by molar-refractivity contribution is 0.209. The minimum absolute atomic E-state index is 0.201. The molecular weight excluding hydrogens is 469 g/mol. The summed E-state index contributed by atoms with van der Waals surface area (Å²) in [4.78, 5) is 8.63. The number of benzene rings is 1. The summed E-state index contributed by atoms with van der Waals surface area (Å²) in [6.45, 7) is 5.37. The molecule has 0 aromatic heterocycles. The first-order chi connectivity index (χ1) is 17.0. The monoisotopic (exact) mass is 497 g/mol. The topological polar surface area (TPSA) is 93.3 Å². The van der Waals surface area contributed by atoms with Gasteiger partial charge in [-0.05, 0) is 42.0 Å². The molecule has 9 heteroatoms. The van der Waals surface area contributed by atoms with Crippen molar-refractivity contribution >= 4 is 23.5 Å². The van der Waals surface area contributed by atoms with Crippen molar-refractivity contribution < 1.29 is 13.9 Å². The Hall–Kier alpha value is -3.62. The van der Waals surface area contributed by atoms with Crippen molar-refractivity contribution in [2.75, 3.05) is 26.7 Å². The van der Waals surface area contributed by atoms with Gasteiger partial charge in [0.05, 0.1) is 11.6 Å². The second-order valence-electron chi connectivity index (χ2n) is 7.49. The largest absolute Gasteiger partial charge is 0.487 e. The molecule has 0 saturated carbocycles. The molecule has 1 heterocycles. The third-order valence-corrected chi connectivity index (χ3v) is 5.29. The Morgan fingerprint density at radius 1 is 1.37 bits per heavy atom. The van der Waals surface area contributed by atoms with Gasteiger partial charge < -0.3 is 25.8 Å². The summed E-state index contributed by atoms with van der Waals surface area (Å²) in [6, 6.07) is 6.71. The number of amidine groups is 2. The number of nitrogens with two attached hydrogens (primary N) is 1. The van der Waals surface area contributed by atoms with Crippen LogP contribution in [0.15, 0.2) is 105 Å². The summed E-state index contributed by atoms with van der Waals surface area (Å²) in [6.07, 6.45) is 11.3. The number of nitrogens with zero attached hydrogens (tertiary/aromatic N) is 2. The number of hydrogen-bond acceptors (Lipinski definition) is 6. The van der Waals surface area contributed by atoms with Crippen LogP contribution in [-0.2, 0) is 16.1 Å². The number of ether oxygens (including phenoxy) is 2. The molecule has 0 radical (unpaired) electrons. The Balaban J connectivity index is 1.72. The summed E-state index contributed by atoms with van der Waals surface area (Å²) in [5.41, 5.74) is 9.08. The first-order valence-corrected chi connectivity index (χ1v) is 11.5. The second kappa shape index (κ2) is 13.3. The van der Waals surface area contributed by atoms with Crippen LogP contribution in [0.25, 0.3) is 0 Å². The highest BCUT2D eigenvalue weighted by molar-refractivity contribution is 6.31. The van der Waals surface area contributed by atoms with Crippen molar-refractivity contribution in [2.45, 2.75) is 13.0 Å². The van der Waals surface area contributed by atoms with E-state index in [1.165, 1.54) is 12.1 Å². The summed E-state index contributed by atoms with van der Waals surface area (Å²) < 4.78 is 24.7. The number of aliphatic imine (C=N–C) groups is 2. The highest BCUT2D eigenvalue weighted by Crippen LogP contribution is 2.23. The minimum Gasteiger partial charge on any atom is -0.487 e. The molecule has 35 heavy (non-hydrogen) atoms. The van der Waals surface area contributed by atoms with E-state index < -0.39 is 0 Å². The molecule has 0 atom stereocenters. The zero-order chi connectivity index (χ0) is 25.0. The molecule has 0 spiro atoms. The van der Waals surface area contributed by atoms with Gasteiger partial charge in [0.25, 0.3) is 6.02 Å². The first kappa shape index (κ1) is 26.0. The smallest absolute Gasteiger partial charge is 0.289 e. The van der Waals surface area contributed by atoms with Crippen LogP contribution in [0.3, 0.4) is 0 Å². The molecule has 184 valence electrons. The van der Waals surface area contributed by atoms with E-state index in [-0.39, 0.29) is 19.0 Å². The molecule has 1 aliphatic heterocycles. The van der Waals surface area contributed by atoms with Crippen molar-refractivity contribution in [1.29, 1.82) is 0 Å². The van der Waals surface area contributed by atoms with Crippen molar-refractivity contribution in [3.63, 3.8) is 0 Å². The maximum absolute atomic E-state index is 13.4. The zero-order valence-corrected chi connectivity index (χ0v) is 20.3.